The minimum atomic E-state index is -0.922. The lowest BCUT2D eigenvalue weighted by Gasteiger charge is -2.23. The smallest absolute Gasteiger partial charge is 0.395 e. The zero-order chi connectivity index (χ0) is 20.3. The molecule has 0 aromatic carbocycles. The van der Waals surface area contributed by atoms with Gasteiger partial charge in [-0.15, -0.1) is 0 Å². The van der Waals surface area contributed by atoms with Gasteiger partial charge in [0.25, 0.3) is 0 Å². The fourth-order valence-corrected chi connectivity index (χ4v) is 3.44. The number of fused-ring (bicyclic) bond motifs is 1. The van der Waals surface area contributed by atoms with Crippen LogP contribution in [0.15, 0.2) is 14.7 Å². The summed E-state index contributed by atoms with van der Waals surface area (Å²) in [6.45, 7) is 0.0190. The first-order valence-electron chi connectivity index (χ1n) is 8.60. The third-order valence-corrected chi connectivity index (χ3v) is 4.97. The average molecular weight is 411 g/mol. The number of carbonyl (C=O) groups is 2. The Hall–Kier alpha value is -2.41. The molecule has 28 heavy (non-hydrogen) atoms. The molecule has 3 atom stereocenters. The van der Waals surface area contributed by atoms with E-state index in [-0.39, 0.29) is 24.8 Å². The molecule has 0 bridgehead atoms. The van der Waals surface area contributed by atoms with E-state index < -0.39 is 29.9 Å². The van der Waals surface area contributed by atoms with Gasteiger partial charge in [0.15, 0.2) is 17.1 Å². The van der Waals surface area contributed by atoms with Gasteiger partial charge >= 0.3 is 5.76 Å². The Bertz CT molecular complexity index is 912. The fraction of sp³-hybridized carbons (Fsp3) is 0.562. The van der Waals surface area contributed by atoms with Crippen molar-refractivity contribution in [1.29, 1.82) is 0 Å². The van der Waals surface area contributed by atoms with E-state index in [0.717, 1.165) is 11.3 Å². The zero-order valence-electron chi connectivity index (χ0n) is 15.4. The molecule has 0 spiro atoms. The third-order valence-electron chi connectivity index (χ3n) is 4.27. The standard InChI is InChI=1S/C16H21N5O6S/c1-21(2)4-3-8(14(24)19-11-9(23)6-26-10(11)5-22)18-13-12-15(28-7-17-12)27-16(25)20-13/h7-8,10-11,22H,3-6H2,1-2H3,(H,19,24)(H,18,20,25). The number of rotatable bonds is 8. The van der Waals surface area contributed by atoms with Gasteiger partial charge in [-0.25, -0.2) is 9.78 Å². The number of hydrogen-bond donors (Lipinski definition) is 3. The molecule has 0 aliphatic carbocycles. The lowest BCUT2D eigenvalue weighted by atomic mass is 10.1. The van der Waals surface area contributed by atoms with Crippen LogP contribution >= 0.6 is 11.3 Å². The number of aromatic nitrogens is 2. The first kappa shape index (κ1) is 20.3. The summed E-state index contributed by atoms with van der Waals surface area (Å²) >= 11 is 1.14. The van der Waals surface area contributed by atoms with Crippen molar-refractivity contribution < 1.29 is 23.8 Å². The molecule has 2 aromatic rings. The molecule has 12 heteroatoms. The summed E-state index contributed by atoms with van der Waals surface area (Å²) in [5.74, 6) is -1.44. The summed E-state index contributed by atoms with van der Waals surface area (Å²) < 4.78 is 10.2. The van der Waals surface area contributed by atoms with Crippen LogP contribution in [0.2, 0.25) is 0 Å². The summed E-state index contributed by atoms with van der Waals surface area (Å²) in [6.07, 6.45) is -0.407. The average Bonchev–Trinajstić information content (AvgIpc) is 3.25. The third kappa shape index (κ3) is 4.52. The second kappa shape index (κ2) is 8.73. The predicted molar refractivity (Wildman–Crippen MR) is 100 cm³/mol. The lowest BCUT2D eigenvalue weighted by molar-refractivity contribution is -0.127. The summed E-state index contributed by atoms with van der Waals surface area (Å²) in [4.78, 5) is 46.6. The van der Waals surface area contributed by atoms with Gasteiger partial charge in [0.05, 0.1) is 12.1 Å². The van der Waals surface area contributed by atoms with Crippen molar-refractivity contribution in [3.8, 4) is 0 Å². The van der Waals surface area contributed by atoms with E-state index in [4.69, 9.17) is 9.15 Å². The summed E-state index contributed by atoms with van der Waals surface area (Å²) in [6, 6.07) is -1.72. The second-order valence-electron chi connectivity index (χ2n) is 6.59. The summed E-state index contributed by atoms with van der Waals surface area (Å²) in [7, 11) is 3.72. The minimum absolute atomic E-state index is 0.138. The van der Waals surface area contributed by atoms with Gasteiger partial charge in [0, 0.05) is 0 Å². The first-order chi connectivity index (χ1) is 13.4. The van der Waals surface area contributed by atoms with Crippen LogP contribution in [-0.4, -0.2) is 83.7 Å². The van der Waals surface area contributed by atoms with Crippen LogP contribution in [0.1, 0.15) is 6.42 Å². The van der Waals surface area contributed by atoms with Gasteiger partial charge in [0.1, 0.15) is 24.8 Å². The van der Waals surface area contributed by atoms with Crippen LogP contribution in [0.4, 0.5) is 5.82 Å². The van der Waals surface area contributed by atoms with E-state index in [1.54, 1.807) is 0 Å². The van der Waals surface area contributed by atoms with E-state index in [1.807, 2.05) is 19.0 Å². The number of ketones is 1. The molecule has 1 aliphatic heterocycles. The van der Waals surface area contributed by atoms with Crippen molar-refractivity contribution in [3.05, 3.63) is 16.1 Å². The van der Waals surface area contributed by atoms with Crippen LogP contribution in [-0.2, 0) is 14.3 Å². The molecule has 0 saturated carbocycles. The molecule has 1 aliphatic rings. The molecule has 3 N–H and O–H groups in total. The zero-order valence-corrected chi connectivity index (χ0v) is 16.2. The van der Waals surface area contributed by atoms with Crippen molar-refractivity contribution in [2.45, 2.75) is 24.6 Å². The highest BCUT2D eigenvalue weighted by atomic mass is 32.1. The largest absolute Gasteiger partial charge is 0.441 e. The normalized spacial score (nSPS) is 20.6. The van der Waals surface area contributed by atoms with Crippen molar-refractivity contribution in [1.82, 2.24) is 20.2 Å². The van der Waals surface area contributed by atoms with Crippen molar-refractivity contribution in [2.24, 2.45) is 0 Å². The monoisotopic (exact) mass is 411 g/mol. The van der Waals surface area contributed by atoms with Gasteiger partial charge in [-0.1, -0.05) is 11.3 Å². The SMILES string of the molecule is CN(C)CCC(Nc1nc(=O)oc2scnc12)C(=O)NC1C(=O)COC1CO. The van der Waals surface area contributed by atoms with E-state index >= 15 is 0 Å². The van der Waals surface area contributed by atoms with E-state index in [9.17, 15) is 19.5 Å². The maximum atomic E-state index is 12.9. The van der Waals surface area contributed by atoms with E-state index in [1.165, 1.54) is 5.51 Å². The quantitative estimate of drug-likeness (QED) is 0.485. The highest BCUT2D eigenvalue weighted by molar-refractivity contribution is 7.16. The number of aliphatic hydroxyl groups is 1. The first-order valence-corrected chi connectivity index (χ1v) is 9.48. The maximum Gasteiger partial charge on any atom is 0.441 e. The molecule has 3 rings (SSSR count). The number of nitrogens with one attached hydrogen (secondary N) is 2. The number of thiazole rings is 1. The molecule has 3 heterocycles. The Morgan fingerprint density at radius 3 is 2.96 bits per heavy atom. The Kier molecular flexibility index (Phi) is 6.34. The van der Waals surface area contributed by atoms with Crippen LogP contribution in [0.5, 0.6) is 0 Å². The second-order valence-corrected chi connectivity index (χ2v) is 7.41. The maximum absolute atomic E-state index is 12.9. The summed E-state index contributed by atoms with van der Waals surface area (Å²) in [5.41, 5.74) is 1.86. The number of Topliss-reactive ketones (excluding diaryl/α,β-unsaturated/α-hetero) is 1. The molecule has 11 nitrogen and oxygen atoms in total. The highest BCUT2D eigenvalue weighted by Crippen LogP contribution is 2.22. The number of carbonyl (C=O) groups excluding carboxylic acids is 2. The van der Waals surface area contributed by atoms with Crippen LogP contribution < -0.4 is 16.4 Å². The van der Waals surface area contributed by atoms with E-state index in [0.29, 0.717) is 23.4 Å². The van der Waals surface area contributed by atoms with Crippen LogP contribution in [0, 0.1) is 0 Å². The van der Waals surface area contributed by atoms with Gasteiger partial charge in [0.2, 0.25) is 10.8 Å². The number of hydrogen-bond acceptors (Lipinski definition) is 11. The van der Waals surface area contributed by atoms with Gasteiger partial charge in [-0.2, -0.15) is 4.98 Å². The minimum Gasteiger partial charge on any atom is -0.395 e. The Labute approximate surface area is 163 Å². The van der Waals surface area contributed by atoms with E-state index in [2.05, 4.69) is 20.6 Å². The summed E-state index contributed by atoms with van der Waals surface area (Å²) in [5, 5.41) is 14.9. The van der Waals surface area contributed by atoms with Crippen molar-refractivity contribution >= 4 is 39.3 Å². The van der Waals surface area contributed by atoms with Gasteiger partial charge in [-0.3, -0.25) is 9.59 Å². The van der Waals surface area contributed by atoms with Crippen LogP contribution in [0.3, 0.4) is 0 Å². The highest BCUT2D eigenvalue weighted by Gasteiger charge is 2.37. The molecular formula is C16H21N5O6S. The molecular weight excluding hydrogens is 390 g/mol. The number of ether oxygens (including phenoxy) is 1. The molecule has 1 fully saturated rings. The van der Waals surface area contributed by atoms with Gasteiger partial charge < -0.3 is 29.8 Å². The molecule has 152 valence electrons. The molecule has 1 amide bonds. The predicted octanol–water partition coefficient (Wildman–Crippen LogP) is -1.18. The Morgan fingerprint density at radius 1 is 1.46 bits per heavy atom. The van der Waals surface area contributed by atoms with Crippen LogP contribution in [0.25, 0.3) is 10.4 Å². The number of aliphatic hydroxyl groups excluding tert-OH is 1. The Morgan fingerprint density at radius 2 is 2.25 bits per heavy atom. The van der Waals surface area contributed by atoms with Crippen molar-refractivity contribution in [2.75, 3.05) is 39.2 Å². The number of nitrogens with zero attached hydrogens (tertiary/aromatic N) is 3. The molecule has 0 radical (unpaired) electrons. The fourth-order valence-electron chi connectivity index (χ4n) is 2.80. The Balaban J connectivity index is 1.81. The lowest BCUT2D eigenvalue weighted by Crippen LogP contribution is -2.51. The molecule has 3 unspecified atom stereocenters. The molecule has 2 aromatic heterocycles. The number of anilines is 1. The van der Waals surface area contributed by atoms with Crippen molar-refractivity contribution in [3.63, 3.8) is 0 Å². The number of amides is 1. The topological polar surface area (TPSA) is 147 Å². The van der Waals surface area contributed by atoms with Gasteiger partial charge in [-0.05, 0) is 27.1 Å². The molecule has 1 saturated heterocycles.